The first-order chi connectivity index (χ1) is 13.5. The number of hydrogen-bond donors (Lipinski definition) is 0. The maximum Gasteiger partial charge on any atom is 0.260 e. The second-order valence-corrected chi connectivity index (χ2v) is 9.13. The number of fused-ring (bicyclic) bond motifs is 1. The van der Waals surface area contributed by atoms with Crippen LogP contribution < -0.4 is 4.90 Å². The zero-order chi connectivity index (χ0) is 20.1. The number of thiazole rings is 1. The van der Waals surface area contributed by atoms with Crippen LogP contribution in [0.3, 0.4) is 0 Å². The van der Waals surface area contributed by atoms with Crippen LogP contribution in [0.5, 0.6) is 0 Å². The number of thioether (sulfide) groups is 1. The molecule has 0 atom stereocenters. The third kappa shape index (κ3) is 4.95. The number of aromatic nitrogens is 1. The van der Waals surface area contributed by atoms with Crippen molar-refractivity contribution in [3.05, 3.63) is 52.5 Å². The second-order valence-electron chi connectivity index (χ2n) is 6.32. The number of halogens is 1. The monoisotopic (exact) mass is 477 g/mol. The molecule has 4 nitrogen and oxygen atoms in total. The fourth-order valence-electron chi connectivity index (χ4n) is 2.98. The Labute approximate surface area is 183 Å². The van der Waals surface area contributed by atoms with Crippen molar-refractivity contribution < 1.29 is 4.79 Å². The number of carbonyl (C=O) groups excluding carboxylic acids is 1. The molecule has 0 unspecified atom stereocenters. The van der Waals surface area contributed by atoms with E-state index in [1.807, 2.05) is 47.6 Å². The summed E-state index contributed by atoms with van der Waals surface area (Å²) in [4.78, 5) is 23.4. The maximum absolute atomic E-state index is 13.4. The summed E-state index contributed by atoms with van der Waals surface area (Å²) in [5.41, 5.74) is 1.62. The minimum Gasteiger partial charge on any atom is -0.302 e. The van der Waals surface area contributed by atoms with Gasteiger partial charge in [0.25, 0.3) is 5.91 Å². The second kappa shape index (κ2) is 9.87. The molecule has 148 valence electrons. The summed E-state index contributed by atoms with van der Waals surface area (Å²) in [6.45, 7) is 7.66. The fraction of sp³-hybridized carbons (Fsp3) is 0.333. The molecule has 28 heavy (non-hydrogen) atoms. The van der Waals surface area contributed by atoms with Gasteiger partial charge in [-0.05, 0) is 55.7 Å². The zero-order valence-electron chi connectivity index (χ0n) is 16.3. The largest absolute Gasteiger partial charge is 0.302 e. The number of carbonyl (C=O) groups is 1. The van der Waals surface area contributed by atoms with Crippen LogP contribution in [0.4, 0.5) is 5.13 Å². The van der Waals surface area contributed by atoms with Crippen molar-refractivity contribution in [2.75, 3.05) is 37.3 Å². The number of likely N-dealkylation sites (N-methyl/N-ethyl adjacent to an activating group) is 1. The van der Waals surface area contributed by atoms with Crippen molar-refractivity contribution in [3.8, 4) is 0 Å². The lowest BCUT2D eigenvalue weighted by atomic mass is 10.2. The van der Waals surface area contributed by atoms with Gasteiger partial charge in [-0.3, -0.25) is 9.69 Å². The third-order valence-electron chi connectivity index (χ3n) is 4.67. The molecular weight excluding hydrogens is 454 g/mol. The summed E-state index contributed by atoms with van der Waals surface area (Å²) < 4.78 is 2.09. The molecule has 1 amide bonds. The number of nitrogens with zero attached hydrogens (tertiary/aromatic N) is 3. The molecule has 2 aromatic carbocycles. The lowest BCUT2D eigenvalue weighted by Gasteiger charge is -2.24. The molecule has 0 aliphatic heterocycles. The first kappa shape index (κ1) is 21.3. The number of anilines is 1. The maximum atomic E-state index is 13.4. The summed E-state index contributed by atoms with van der Waals surface area (Å²) in [6, 6.07) is 13.8. The van der Waals surface area contributed by atoms with Crippen LogP contribution in [0.2, 0.25) is 0 Å². The Hall–Kier alpha value is -1.41. The van der Waals surface area contributed by atoms with E-state index in [-0.39, 0.29) is 5.91 Å². The summed E-state index contributed by atoms with van der Waals surface area (Å²) in [5.74, 6) is 0.00109. The van der Waals surface area contributed by atoms with E-state index < -0.39 is 0 Å². The fourth-order valence-corrected chi connectivity index (χ4v) is 4.98. The highest BCUT2D eigenvalue weighted by molar-refractivity contribution is 9.10. The average Bonchev–Trinajstić information content (AvgIpc) is 3.13. The Morgan fingerprint density at radius 3 is 2.64 bits per heavy atom. The summed E-state index contributed by atoms with van der Waals surface area (Å²) in [7, 11) is 0. The Morgan fingerprint density at radius 1 is 1.14 bits per heavy atom. The van der Waals surface area contributed by atoms with Gasteiger partial charge in [0.1, 0.15) is 0 Å². The standard InChI is InChI=1S/C21H24BrN3OS2/c1-4-24(5-2)11-12-25(20(26)15-7-6-8-17(13-15)27-3)21-23-18-10-9-16(22)14-19(18)28-21/h6-10,13-14H,4-5,11-12H2,1-3H3. The number of hydrogen-bond acceptors (Lipinski definition) is 5. The SMILES string of the molecule is CCN(CC)CCN(C(=O)c1cccc(SC)c1)c1nc2ccc(Br)cc2s1. The molecule has 1 heterocycles. The third-order valence-corrected chi connectivity index (χ3v) is 6.93. The van der Waals surface area contributed by atoms with Crippen LogP contribution in [0, 0.1) is 0 Å². The van der Waals surface area contributed by atoms with Crippen LogP contribution in [0.25, 0.3) is 10.2 Å². The average molecular weight is 478 g/mol. The smallest absolute Gasteiger partial charge is 0.260 e. The lowest BCUT2D eigenvalue weighted by molar-refractivity contribution is 0.0983. The van der Waals surface area contributed by atoms with Gasteiger partial charge in [-0.15, -0.1) is 11.8 Å². The molecule has 3 aromatic rings. The Bertz CT molecular complexity index is 956. The van der Waals surface area contributed by atoms with Gasteiger partial charge >= 0.3 is 0 Å². The van der Waals surface area contributed by atoms with Crippen LogP contribution in [-0.2, 0) is 0 Å². The summed E-state index contributed by atoms with van der Waals surface area (Å²) >= 11 is 6.72. The molecule has 0 fully saturated rings. The molecule has 0 bridgehead atoms. The minimum absolute atomic E-state index is 0.00109. The summed E-state index contributed by atoms with van der Waals surface area (Å²) in [6.07, 6.45) is 2.02. The normalized spacial score (nSPS) is 11.3. The van der Waals surface area contributed by atoms with Crippen LogP contribution >= 0.6 is 39.0 Å². The molecule has 0 saturated carbocycles. The van der Waals surface area contributed by atoms with E-state index in [0.717, 1.165) is 44.4 Å². The van der Waals surface area contributed by atoms with Gasteiger partial charge in [-0.1, -0.05) is 47.2 Å². The van der Waals surface area contributed by atoms with Gasteiger partial charge in [0, 0.05) is 28.0 Å². The van der Waals surface area contributed by atoms with Gasteiger partial charge in [-0.25, -0.2) is 4.98 Å². The first-order valence-electron chi connectivity index (χ1n) is 9.30. The quantitative estimate of drug-likeness (QED) is 0.385. The van der Waals surface area contributed by atoms with Crippen LogP contribution in [0.15, 0.2) is 51.8 Å². The molecule has 0 aliphatic rings. The van der Waals surface area contributed by atoms with E-state index in [4.69, 9.17) is 4.98 Å². The van der Waals surface area contributed by atoms with Crippen molar-refractivity contribution in [2.24, 2.45) is 0 Å². The number of benzene rings is 2. The van der Waals surface area contributed by atoms with Crippen LogP contribution in [-0.4, -0.2) is 48.2 Å². The van der Waals surface area contributed by atoms with Gasteiger partial charge in [-0.2, -0.15) is 0 Å². The summed E-state index contributed by atoms with van der Waals surface area (Å²) in [5, 5.41) is 0.750. The molecule has 0 saturated heterocycles. The number of rotatable bonds is 8. The van der Waals surface area contributed by atoms with Crippen molar-refractivity contribution in [3.63, 3.8) is 0 Å². The molecule has 1 aromatic heterocycles. The Balaban J connectivity index is 1.96. The van der Waals surface area contributed by atoms with Gasteiger partial charge in [0.15, 0.2) is 5.13 Å². The molecule has 7 heteroatoms. The molecule has 0 aliphatic carbocycles. The van der Waals surface area contributed by atoms with Gasteiger partial charge < -0.3 is 4.90 Å². The van der Waals surface area contributed by atoms with Crippen molar-refractivity contribution in [1.29, 1.82) is 0 Å². The molecule has 0 N–H and O–H groups in total. The highest BCUT2D eigenvalue weighted by Crippen LogP contribution is 2.32. The minimum atomic E-state index is 0.00109. The lowest BCUT2D eigenvalue weighted by Crippen LogP contribution is -2.38. The molecular formula is C21H24BrN3OS2. The van der Waals surface area contributed by atoms with Crippen molar-refractivity contribution in [1.82, 2.24) is 9.88 Å². The Morgan fingerprint density at radius 2 is 1.93 bits per heavy atom. The predicted molar refractivity (Wildman–Crippen MR) is 125 cm³/mol. The van der Waals surface area contributed by atoms with E-state index in [0.29, 0.717) is 12.1 Å². The molecule has 3 rings (SSSR count). The van der Waals surface area contributed by atoms with E-state index in [9.17, 15) is 4.79 Å². The molecule has 0 spiro atoms. The topological polar surface area (TPSA) is 36.4 Å². The Kier molecular flexibility index (Phi) is 7.51. The van der Waals surface area contributed by atoms with E-state index in [2.05, 4.69) is 40.7 Å². The molecule has 0 radical (unpaired) electrons. The predicted octanol–water partition coefficient (Wildman–Crippen LogP) is 5.77. The van der Waals surface area contributed by atoms with Gasteiger partial charge in [0.05, 0.1) is 10.2 Å². The highest BCUT2D eigenvalue weighted by atomic mass is 79.9. The van der Waals surface area contributed by atoms with Crippen molar-refractivity contribution >= 4 is 60.3 Å². The van der Waals surface area contributed by atoms with E-state index in [1.165, 1.54) is 0 Å². The van der Waals surface area contributed by atoms with Gasteiger partial charge in [0.2, 0.25) is 0 Å². The zero-order valence-corrected chi connectivity index (χ0v) is 19.5. The highest BCUT2D eigenvalue weighted by Gasteiger charge is 2.22. The van der Waals surface area contributed by atoms with Crippen LogP contribution in [0.1, 0.15) is 24.2 Å². The van der Waals surface area contributed by atoms with Crippen molar-refractivity contribution in [2.45, 2.75) is 18.7 Å². The first-order valence-corrected chi connectivity index (χ1v) is 12.1. The van der Waals surface area contributed by atoms with E-state index >= 15 is 0 Å². The number of amides is 1. The van der Waals surface area contributed by atoms with E-state index in [1.54, 1.807) is 23.1 Å².